The van der Waals surface area contributed by atoms with Gasteiger partial charge in [0, 0.05) is 5.41 Å². The minimum absolute atomic E-state index is 0.219. The Hall–Kier alpha value is -0.130. The highest BCUT2D eigenvalue weighted by Crippen LogP contribution is 2.54. The molecule has 18 heavy (non-hydrogen) atoms. The number of fused-ring (bicyclic) bond motifs is 1. The zero-order chi connectivity index (χ0) is 13.6. The summed E-state index contributed by atoms with van der Waals surface area (Å²) in [4.78, 5) is 0. The Morgan fingerprint density at radius 3 is 2.50 bits per heavy atom. The second-order valence-electron chi connectivity index (χ2n) is 6.64. The zero-order valence-electron chi connectivity index (χ0n) is 11.5. The van der Waals surface area contributed by atoms with Gasteiger partial charge < -0.3 is 5.11 Å². The van der Waals surface area contributed by atoms with Crippen LogP contribution in [0.15, 0.2) is 0 Å². The fourth-order valence-electron chi connectivity index (χ4n) is 3.97. The van der Waals surface area contributed by atoms with Gasteiger partial charge in [0.2, 0.25) is 0 Å². The third-order valence-corrected chi connectivity index (χ3v) is 5.35. The van der Waals surface area contributed by atoms with Gasteiger partial charge in [-0.25, -0.2) is 0 Å². The van der Waals surface area contributed by atoms with E-state index in [1.807, 2.05) is 6.92 Å². The molecule has 106 valence electrons. The smallest absolute Gasteiger partial charge is 0.264 e. The van der Waals surface area contributed by atoms with Gasteiger partial charge in [0.15, 0.2) is 0 Å². The van der Waals surface area contributed by atoms with Gasteiger partial charge >= 0.3 is 0 Å². The van der Waals surface area contributed by atoms with E-state index < -0.39 is 15.7 Å². The molecule has 2 aliphatic rings. The molecule has 4 nitrogen and oxygen atoms in total. The van der Waals surface area contributed by atoms with Crippen LogP contribution < -0.4 is 0 Å². The summed E-state index contributed by atoms with van der Waals surface area (Å²) in [6, 6.07) is 0. The van der Waals surface area contributed by atoms with Crippen molar-refractivity contribution in [3.63, 3.8) is 0 Å². The molecule has 2 rings (SSSR count). The van der Waals surface area contributed by atoms with Gasteiger partial charge in [-0.1, -0.05) is 13.3 Å². The molecule has 0 amide bonds. The summed E-state index contributed by atoms with van der Waals surface area (Å²) in [5, 5.41) is 10.3. The summed E-state index contributed by atoms with van der Waals surface area (Å²) in [6.45, 7) is 3.93. The molecule has 0 aliphatic heterocycles. The summed E-state index contributed by atoms with van der Waals surface area (Å²) in [5.41, 5.74) is -0.912. The Labute approximate surface area is 110 Å². The van der Waals surface area contributed by atoms with Crippen molar-refractivity contribution in [2.45, 2.75) is 64.1 Å². The van der Waals surface area contributed by atoms with Crippen LogP contribution in [0.4, 0.5) is 0 Å². The van der Waals surface area contributed by atoms with E-state index in [9.17, 15) is 13.5 Å². The maximum Gasteiger partial charge on any atom is 0.264 e. The van der Waals surface area contributed by atoms with E-state index in [1.54, 1.807) is 0 Å². The monoisotopic (exact) mass is 276 g/mol. The normalized spacial score (nSPS) is 45.6. The van der Waals surface area contributed by atoms with Crippen LogP contribution in [0.3, 0.4) is 0 Å². The minimum atomic E-state index is -3.43. The van der Waals surface area contributed by atoms with E-state index >= 15 is 0 Å². The third-order valence-electron chi connectivity index (χ3n) is 4.77. The van der Waals surface area contributed by atoms with Crippen molar-refractivity contribution in [3.05, 3.63) is 0 Å². The van der Waals surface area contributed by atoms with Gasteiger partial charge in [0.25, 0.3) is 10.1 Å². The van der Waals surface area contributed by atoms with E-state index in [-0.39, 0.29) is 11.5 Å². The van der Waals surface area contributed by atoms with Crippen LogP contribution in [-0.4, -0.2) is 31.5 Å². The predicted octanol–water partition coefficient (Wildman–Crippen LogP) is 2.07. The number of hydrogen-bond acceptors (Lipinski definition) is 4. The fraction of sp³-hybridized carbons (Fsp3) is 1.00. The van der Waals surface area contributed by atoms with E-state index in [0.29, 0.717) is 12.3 Å². The van der Waals surface area contributed by atoms with Gasteiger partial charge in [-0.15, -0.1) is 0 Å². The molecule has 2 saturated carbocycles. The van der Waals surface area contributed by atoms with E-state index in [0.717, 1.165) is 38.4 Å². The van der Waals surface area contributed by atoms with Gasteiger partial charge in [0.05, 0.1) is 18.0 Å². The average molecular weight is 276 g/mol. The maximum absolute atomic E-state index is 11.4. The quantitative estimate of drug-likeness (QED) is 0.784. The number of hydrogen-bond donors (Lipinski definition) is 1. The Bertz CT molecular complexity index is 415. The molecule has 0 heterocycles. The number of aliphatic hydroxyl groups is 1. The average Bonchev–Trinajstić information content (AvgIpc) is 2.16. The Kier molecular flexibility index (Phi) is 3.54. The molecule has 0 aromatic carbocycles. The van der Waals surface area contributed by atoms with Crippen molar-refractivity contribution in [1.29, 1.82) is 0 Å². The fourth-order valence-corrected chi connectivity index (χ4v) is 4.71. The molecule has 0 bridgehead atoms. The summed E-state index contributed by atoms with van der Waals surface area (Å²) in [6.07, 6.45) is 6.14. The highest BCUT2D eigenvalue weighted by Gasteiger charge is 2.52. The standard InChI is InChI=1S/C13H24O4S/c1-12(14)8-7-10-5-4-6-11(13(10,2)9-12)17-18(3,15)16/h10-11,14H,4-9H2,1-3H3/t10-,11-,12-,13-/m1/s1. The lowest BCUT2D eigenvalue weighted by atomic mass is 9.56. The summed E-state index contributed by atoms with van der Waals surface area (Å²) < 4.78 is 28.1. The van der Waals surface area contributed by atoms with Crippen molar-refractivity contribution in [3.8, 4) is 0 Å². The first kappa shape index (κ1) is 14.3. The molecular formula is C13H24O4S. The van der Waals surface area contributed by atoms with E-state index in [1.165, 1.54) is 0 Å². The first-order valence-electron chi connectivity index (χ1n) is 6.73. The molecule has 0 spiro atoms. The predicted molar refractivity (Wildman–Crippen MR) is 69.6 cm³/mol. The van der Waals surface area contributed by atoms with Crippen molar-refractivity contribution in [2.24, 2.45) is 11.3 Å². The second kappa shape index (κ2) is 4.46. The first-order chi connectivity index (χ1) is 8.12. The largest absolute Gasteiger partial charge is 0.390 e. The number of rotatable bonds is 2. The van der Waals surface area contributed by atoms with Crippen LogP contribution in [0, 0.1) is 11.3 Å². The maximum atomic E-state index is 11.4. The lowest BCUT2D eigenvalue weighted by molar-refractivity contribution is -0.121. The topological polar surface area (TPSA) is 63.6 Å². The molecule has 0 aromatic rings. The van der Waals surface area contributed by atoms with E-state index in [4.69, 9.17) is 4.18 Å². The summed E-state index contributed by atoms with van der Waals surface area (Å²) >= 11 is 0. The molecule has 0 aromatic heterocycles. The minimum Gasteiger partial charge on any atom is -0.390 e. The molecule has 0 unspecified atom stereocenters. The molecule has 1 N–H and O–H groups in total. The van der Waals surface area contributed by atoms with Crippen LogP contribution in [0.1, 0.15) is 52.4 Å². The van der Waals surface area contributed by atoms with Crippen molar-refractivity contribution in [1.82, 2.24) is 0 Å². The molecular weight excluding hydrogens is 252 g/mol. The zero-order valence-corrected chi connectivity index (χ0v) is 12.3. The second-order valence-corrected chi connectivity index (χ2v) is 8.24. The summed E-state index contributed by atoms with van der Waals surface area (Å²) in [7, 11) is -3.43. The lowest BCUT2D eigenvalue weighted by Gasteiger charge is -2.53. The third kappa shape index (κ3) is 2.89. The van der Waals surface area contributed by atoms with Gasteiger partial charge in [-0.05, 0) is 44.9 Å². The Morgan fingerprint density at radius 2 is 1.89 bits per heavy atom. The SMILES string of the molecule is C[C@@]1(O)CC[C@H]2CCC[C@@H](OS(C)(=O)=O)[C@]2(C)C1. The highest BCUT2D eigenvalue weighted by atomic mass is 32.2. The van der Waals surface area contributed by atoms with Gasteiger partial charge in [0.1, 0.15) is 0 Å². The molecule has 5 heteroatoms. The van der Waals surface area contributed by atoms with Crippen molar-refractivity contribution < 1.29 is 17.7 Å². The van der Waals surface area contributed by atoms with Crippen LogP contribution in [0.2, 0.25) is 0 Å². The van der Waals surface area contributed by atoms with Crippen LogP contribution in [0.5, 0.6) is 0 Å². The summed E-state index contributed by atoms with van der Waals surface area (Å²) in [5.74, 6) is 0.471. The molecule has 0 saturated heterocycles. The van der Waals surface area contributed by atoms with Gasteiger partial charge in [-0.3, -0.25) is 4.18 Å². The van der Waals surface area contributed by atoms with Crippen molar-refractivity contribution in [2.75, 3.05) is 6.26 Å². The van der Waals surface area contributed by atoms with Gasteiger partial charge in [-0.2, -0.15) is 8.42 Å². The highest BCUT2D eigenvalue weighted by molar-refractivity contribution is 7.86. The molecule has 2 fully saturated rings. The van der Waals surface area contributed by atoms with Crippen LogP contribution in [-0.2, 0) is 14.3 Å². The Balaban J connectivity index is 2.24. The van der Waals surface area contributed by atoms with E-state index in [2.05, 4.69) is 6.92 Å². The Morgan fingerprint density at radius 1 is 1.22 bits per heavy atom. The molecule has 4 atom stereocenters. The van der Waals surface area contributed by atoms with Crippen LogP contribution in [0.25, 0.3) is 0 Å². The lowest BCUT2D eigenvalue weighted by Crippen LogP contribution is -2.52. The first-order valence-corrected chi connectivity index (χ1v) is 8.55. The van der Waals surface area contributed by atoms with Crippen molar-refractivity contribution >= 4 is 10.1 Å². The van der Waals surface area contributed by atoms with Crippen LogP contribution >= 0.6 is 0 Å². The molecule has 0 radical (unpaired) electrons. The molecule has 2 aliphatic carbocycles.